The van der Waals surface area contributed by atoms with Gasteiger partial charge in [0.1, 0.15) is 0 Å². The maximum absolute atomic E-state index is 11.7. The molecular formula is C14H16BrN3O. The molecule has 100 valence electrons. The van der Waals surface area contributed by atoms with E-state index in [0.29, 0.717) is 6.42 Å². The third-order valence-electron chi connectivity index (χ3n) is 3.80. The van der Waals surface area contributed by atoms with Gasteiger partial charge in [0.15, 0.2) is 0 Å². The molecule has 3 rings (SSSR count). The minimum Gasteiger partial charge on any atom is -0.353 e. The first-order valence-corrected chi connectivity index (χ1v) is 7.36. The van der Waals surface area contributed by atoms with Crippen LogP contribution in [0, 0.1) is 0 Å². The lowest BCUT2D eigenvalue weighted by atomic mass is 9.83. The largest absolute Gasteiger partial charge is 0.353 e. The van der Waals surface area contributed by atoms with E-state index >= 15 is 0 Å². The Bertz CT molecular complexity index is 557. The molecule has 0 aromatic carbocycles. The quantitative estimate of drug-likeness (QED) is 0.863. The monoisotopic (exact) mass is 321 g/mol. The Hall–Kier alpha value is -1.23. The summed E-state index contributed by atoms with van der Waals surface area (Å²) in [7, 11) is 0. The first kappa shape index (κ1) is 12.8. The number of hydrogen-bond acceptors (Lipinski definition) is 3. The van der Waals surface area contributed by atoms with Crippen LogP contribution in [0.4, 0.5) is 0 Å². The molecule has 0 radical (unpaired) electrons. The Morgan fingerprint density at radius 3 is 3.11 bits per heavy atom. The summed E-state index contributed by atoms with van der Waals surface area (Å²) in [5.74, 6) is 0.117. The number of nitrogens with one attached hydrogen (secondary N) is 1. The summed E-state index contributed by atoms with van der Waals surface area (Å²) in [5.41, 5.74) is 1.76. The van der Waals surface area contributed by atoms with Crippen LogP contribution in [0.3, 0.4) is 0 Å². The van der Waals surface area contributed by atoms with Gasteiger partial charge in [0.2, 0.25) is 5.91 Å². The Kier molecular flexibility index (Phi) is 3.17. The van der Waals surface area contributed by atoms with Gasteiger partial charge in [0, 0.05) is 16.7 Å². The number of rotatable bonds is 1. The van der Waals surface area contributed by atoms with Crippen molar-refractivity contribution < 1.29 is 4.79 Å². The molecule has 1 saturated heterocycles. The summed E-state index contributed by atoms with van der Waals surface area (Å²) in [6.07, 6.45) is 5.08. The van der Waals surface area contributed by atoms with Crippen molar-refractivity contribution in [3.8, 4) is 0 Å². The van der Waals surface area contributed by atoms with Crippen molar-refractivity contribution in [3.05, 3.63) is 28.5 Å². The van der Waals surface area contributed by atoms with Crippen LogP contribution in [0.5, 0.6) is 0 Å². The fourth-order valence-electron chi connectivity index (χ4n) is 3.09. The normalized spacial score (nSPS) is 30.3. The minimum absolute atomic E-state index is 0.117. The summed E-state index contributed by atoms with van der Waals surface area (Å²) >= 11 is 3.46. The Labute approximate surface area is 120 Å². The molecule has 0 aliphatic carbocycles. The van der Waals surface area contributed by atoms with Crippen molar-refractivity contribution >= 4 is 27.5 Å². The number of halogens is 1. The fraction of sp³-hybridized carbons (Fsp3) is 0.500. The highest BCUT2D eigenvalue weighted by molar-refractivity contribution is 9.10. The summed E-state index contributed by atoms with van der Waals surface area (Å²) in [5, 5.41) is 2.96. The molecule has 1 aromatic heterocycles. The lowest BCUT2D eigenvalue weighted by Crippen LogP contribution is -2.48. The zero-order valence-electron chi connectivity index (χ0n) is 10.8. The average molecular weight is 322 g/mol. The lowest BCUT2D eigenvalue weighted by molar-refractivity contribution is -0.124. The van der Waals surface area contributed by atoms with E-state index in [1.54, 1.807) is 6.20 Å². The molecule has 1 N–H and O–H groups in total. The molecular weight excluding hydrogens is 306 g/mol. The van der Waals surface area contributed by atoms with E-state index in [1.165, 1.54) is 0 Å². The predicted molar refractivity (Wildman–Crippen MR) is 77.3 cm³/mol. The van der Waals surface area contributed by atoms with E-state index in [2.05, 4.69) is 26.2 Å². The molecule has 0 saturated carbocycles. The van der Waals surface area contributed by atoms with Gasteiger partial charge in [-0.2, -0.15) is 0 Å². The number of piperidine rings is 1. The molecule has 1 fully saturated rings. The molecule has 2 unspecified atom stereocenters. The summed E-state index contributed by atoms with van der Waals surface area (Å²) in [4.78, 5) is 21.0. The van der Waals surface area contributed by atoms with Gasteiger partial charge >= 0.3 is 0 Å². The second kappa shape index (κ2) is 4.71. The number of hydrogen-bond donors (Lipinski definition) is 1. The highest BCUT2D eigenvalue weighted by Gasteiger charge is 2.41. The molecule has 0 bridgehead atoms. The molecule has 19 heavy (non-hydrogen) atoms. The number of carbonyl (C=O) groups excluding carboxylic acids is 1. The zero-order chi connectivity index (χ0) is 13.5. The standard InChI is InChI=1S/C14H16BrN3O/c1-9-7-14(8-13(19)17-9)4-2-11(18-14)12-6-10(15)3-5-16-12/h3,5-6,9H,2,4,7-8H2,1H3,(H,17,19). The highest BCUT2D eigenvalue weighted by Crippen LogP contribution is 2.37. The zero-order valence-corrected chi connectivity index (χ0v) is 12.4. The minimum atomic E-state index is -0.193. The Morgan fingerprint density at radius 2 is 2.37 bits per heavy atom. The van der Waals surface area contributed by atoms with Crippen LogP contribution >= 0.6 is 15.9 Å². The molecule has 2 aliphatic rings. The molecule has 1 amide bonds. The third kappa shape index (κ3) is 2.56. The van der Waals surface area contributed by atoms with Crippen LogP contribution in [-0.2, 0) is 4.79 Å². The number of aromatic nitrogens is 1. The van der Waals surface area contributed by atoms with Gasteiger partial charge in [0.25, 0.3) is 0 Å². The van der Waals surface area contributed by atoms with Gasteiger partial charge in [0.05, 0.1) is 23.4 Å². The topological polar surface area (TPSA) is 54.4 Å². The van der Waals surface area contributed by atoms with Gasteiger partial charge in [-0.05, 0) is 38.3 Å². The predicted octanol–water partition coefficient (Wildman–Crippen LogP) is 2.46. The maximum atomic E-state index is 11.7. The summed E-state index contributed by atoms with van der Waals surface area (Å²) < 4.78 is 1.01. The van der Waals surface area contributed by atoms with E-state index in [9.17, 15) is 4.79 Å². The smallest absolute Gasteiger partial charge is 0.222 e. The average Bonchev–Trinajstić information content (AvgIpc) is 2.71. The van der Waals surface area contributed by atoms with Crippen LogP contribution < -0.4 is 5.32 Å². The Morgan fingerprint density at radius 1 is 1.53 bits per heavy atom. The van der Waals surface area contributed by atoms with Gasteiger partial charge in [-0.1, -0.05) is 15.9 Å². The van der Waals surface area contributed by atoms with E-state index < -0.39 is 0 Å². The summed E-state index contributed by atoms with van der Waals surface area (Å²) in [6, 6.07) is 4.11. The van der Waals surface area contributed by atoms with Crippen LogP contribution in [0.1, 0.15) is 38.3 Å². The van der Waals surface area contributed by atoms with E-state index in [4.69, 9.17) is 4.99 Å². The van der Waals surface area contributed by atoms with Crippen molar-refractivity contribution in [2.45, 2.75) is 44.2 Å². The van der Waals surface area contributed by atoms with Crippen molar-refractivity contribution in [3.63, 3.8) is 0 Å². The maximum Gasteiger partial charge on any atom is 0.222 e. The second-order valence-electron chi connectivity index (χ2n) is 5.49. The Balaban J connectivity index is 1.90. The molecule has 3 heterocycles. The molecule has 2 atom stereocenters. The van der Waals surface area contributed by atoms with Crippen LogP contribution in [-0.4, -0.2) is 28.2 Å². The number of pyridine rings is 1. The van der Waals surface area contributed by atoms with E-state index in [0.717, 1.165) is 35.1 Å². The lowest BCUT2D eigenvalue weighted by Gasteiger charge is -2.34. The molecule has 1 spiro atoms. The van der Waals surface area contributed by atoms with Crippen molar-refractivity contribution in [2.75, 3.05) is 0 Å². The number of amides is 1. The van der Waals surface area contributed by atoms with E-state index in [1.807, 2.05) is 19.1 Å². The van der Waals surface area contributed by atoms with Gasteiger partial charge < -0.3 is 5.32 Å². The van der Waals surface area contributed by atoms with Crippen LogP contribution in [0.25, 0.3) is 0 Å². The van der Waals surface area contributed by atoms with Crippen molar-refractivity contribution in [1.29, 1.82) is 0 Å². The highest BCUT2D eigenvalue weighted by atomic mass is 79.9. The van der Waals surface area contributed by atoms with Crippen LogP contribution in [0.15, 0.2) is 27.8 Å². The molecule has 5 heteroatoms. The number of carbonyl (C=O) groups is 1. The van der Waals surface area contributed by atoms with Gasteiger partial charge in [-0.25, -0.2) is 0 Å². The fourth-order valence-corrected chi connectivity index (χ4v) is 3.43. The van der Waals surface area contributed by atoms with Gasteiger partial charge in [-0.15, -0.1) is 0 Å². The third-order valence-corrected chi connectivity index (χ3v) is 4.29. The van der Waals surface area contributed by atoms with Crippen molar-refractivity contribution in [1.82, 2.24) is 10.3 Å². The molecule has 2 aliphatic heterocycles. The molecule has 1 aromatic rings. The van der Waals surface area contributed by atoms with E-state index in [-0.39, 0.29) is 17.5 Å². The van der Waals surface area contributed by atoms with Crippen LogP contribution in [0.2, 0.25) is 0 Å². The summed E-state index contributed by atoms with van der Waals surface area (Å²) in [6.45, 7) is 2.05. The first-order chi connectivity index (χ1) is 9.06. The first-order valence-electron chi connectivity index (χ1n) is 6.56. The SMILES string of the molecule is CC1CC2(CCC(c3cc(Br)ccn3)=N2)CC(=O)N1. The van der Waals surface area contributed by atoms with Crippen molar-refractivity contribution in [2.24, 2.45) is 4.99 Å². The number of aliphatic imine (C=N–C) groups is 1. The second-order valence-corrected chi connectivity index (χ2v) is 6.41. The van der Waals surface area contributed by atoms with Gasteiger partial charge in [-0.3, -0.25) is 14.8 Å². The molecule has 4 nitrogen and oxygen atoms in total. The number of nitrogens with zero attached hydrogens (tertiary/aromatic N) is 2.